The lowest BCUT2D eigenvalue weighted by Crippen LogP contribution is -2.42. The summed E-state index contributed by atoms with van der Waals surface area (Å²) in [6.07, 6.45) is 2.89. The van der Waals surface area contributed by atoms with Crippen LogP contribution in [0.1, 0.15) is 67.7 Å². The van der Waals surface area contributed by atoms with Crippen LogP contribution in [0.15, 0.2) is 0 Å². The van der Waals surface area contributed by atoms with Crippen molar-refractivity contribution >= 4 is 5.97 Å². The first-order chi connectivity index (χ1) is 7.65. The molecule has 0 aromatic carbocycles. The molecule has 0 spiro atoms. The minimum absolute atomic E-state index is 0.0350. The van der Waals surface area contributed by atoms with Crippen molar-refractivity contribution in [3.05, 3.63) is 0 Å². The van der Waals surface area contributed by atoms with E-state index in [1.54, 1.807) is 0 Å². The van der Waals surface area contributed by atoms with E-state index in [0.29, 0.717) is 12.5 Å². The van der Waals surface area contributed by atoms with E-state index in [4.69, 9.17) is 4.74 Å². The van der Waals surface area contributed by atoms with Gasteiger partial charge in [0.1, 0.15) is 0 Å². The van der Waals surface area contributed by atoms with E-state index < -0.39 is 5.41 Å². The van der Waals surface area contributed by atoms with Crippen molar-refractivity contribution in [1.29, 1.82) is 0 Å². The highest BCUT2D eigenvalue weighted by Gasteiger charge is 2.45. The normalized spacial score (nSPS) is 15.8. The minimum atomic E-state index is -0.394. The van der Waals surface area contributed by atoms with E-state index >= 15 is 0 Å². The lowest BCUT2D eigenvalue weighted by atomic mass is 9.64. The number of rotatable bonds is 6. The van der Waals surface area contributed by atoms with E-state index in [1.165, 1.54) is 0 Å². The van der Waals surface area contributed by atoms with Crippen molar-refractivity contribution in [2.45, 2.75) is 67.7 Å². The van der Waals surface area contributed by atoms with Crippen LogP contribution in [0.2, 0.25) is 0 Å². The summed E-state index contributed by atoms with van der Waals surface area (Å²) < 4.78 is 5.44. The van der Waals surface area contributed by atoms with Crippen LogP contribution < -0.4 is 0 Å². The van der Waals surface area contributed by atoms with Crippen LogP contribution in [0.5, 0.6) is 0 Å². The Bertz CT molecular complexity index is 238. The van der Waals surface area contributed by atoms with Crippen LogP contribution in [-0.4, -0.2) is 12.6 Å². The van der Waals surface area contributed by atoms with Crippen LogP contribution in [0.3, 0.4) is 0 Å². The third-order valence-electron chi connectivity index (χ3n) is 3.65. The molecule has 2 nitrogen and oxygen atoms in total. The van der Waals surface area contributed by atoms with Gasteiger partial charge in [-0.1, -0.05) is 48.0 Å². The summed E-state index contributed by atoms with van der Waals surface area (Å²) in [5.41, 5.74) is -0.463. The number of hydrogen-bond acceptors (Lipinski definition) is 2. The van der Waals surface area contributed by atoms with Crippen molar-refractivity contribution in [3.63, 3.8) is 0 Å². The summed E-state index contributed by atoms with van der Waals surface area (Å²) >= 11 is 0. The zero-order valence-corrected chi connectivity index (χ0v) is 12.7. The van der Waals surface area contributed by atoms with E-state index in [2.05, 4.69) is 41.5 Å². The predicted molar refractivity (Wildman–Crippen MR) is 72.9 cm³/mol. The Morgan fingerprint density at radius 2 is 1.71 bits per heavy atom. The second-order valence-electron chi connectivity index (χ2n) is 6.67. The summed E-state index contributed by atoms with van der Waals surface area (Å²) in [5.74, 6) is 0.463. The highest BCUT2D eigenvalue weighted by atomic mass is 16.5. The molecule has 2 heteroatoms. The maximum Gasteiger partial charge on any atom is 0.312 e. The molecule has 102 valence electrons. The van der Waals surface area contributed by atoms with Gasteiger partial charge in [0, 0.05) is 0 Å². The Hall–Kier alpha value is -0.530. The molecule has 0 aromatic heterocycles. The lowest BCUT2D eigenvalue weighted by molar-refractivity contribution is -0.163. The minimum Gasteiger partial charge on any atom is -0.465 e. The molecule has 0 aromatic rings. The van der Waals surface area contributed by atoms with Crippen molar-refractivity contribution < 1.29 is 9.53 Å². The molecule has 0 saturated carbocycles. The first kappa shape index (κ1) is 16.5. The lowest BCUT2D eigenvalue weighted by Gasteiger charge is -2.40. The Morgan fingerprint density at radius 1 is 1.18 bits per heavy atom. The maximum atomic E-state index is 12.3. The van der Waals surface area contributed by atoms with Gasteiger partial charge in [0.25, 0.3) is 0 Å². The molecule has 0 amide bonds. The molecule has 0 fully saturated rings. The second kappa shape index (κ2) is 6.42. The predicted octanol–water partition coefficient (Wildman–Crippen LogP) is 4.43. The Labute approximate surface area is 107 Å². The highest BCUT2D eigenvalue weighted by Crippen LogP contribution is 2.44. The van der Waals surface area contributed by atoms with Gasteiger partial charge >= 0.3 is 5.97 Å². The summed E-state index contributed by atoms with van der Waals surface area (Å²) in [6.45, 7) is 15.4. The standard InChI is InChI=1S/C15H30O2/c1-8-9-10-17-13(16)15(7,11-12(2)3)14(4,5)6/h12H,8-11H2,1-7H3. The molecule has 0 aliphatic carbocycles. The van der Waals surface area contributed by atoms with Crippen LogP contribution in [0, 0.1) is 16.7 Å². The first-order valence-corrected chi connectivity index (χ1v) is 6.82. The molecule has 0 rings (SSSR count). The number of carbonyl (C=O) groups excluding carboxylic acids is 1. The number of unbranched alkanes of at least 4 members (excludes halogenated alkanes) is 1. The molecule has 0 bridgehead atoms. The van der Waals surface area contributed by atoms with E-state index in [-0.39, 0.29) is 11.4 Å². The van der Waals surface area contributed by atoms with E-state index in [9.17, 15) is 4.79 Å². The van der Waals surface area contributed by atoms with Gasteiger partial charge in [0.2, 0.25) is 0 Å². The average molecular weight is 242 g/mol. The third-order valence-corrected chi connectivity index (χ3v) is 3.65. The van der Waals surface area contributed by atoms with Gasteiger partial charge in [0.05, 0.1) is 12.0 Å². The van der Waals surface area contributed by atoms with Crippen LogP contribution in [-0.2, 0) is 9.53 Å². The van der Waals surface area contributed by atoms with Gasteiger partial charge < -0.3 is 4.74 Å². The molecule has 0 aliphatic heterocycles. The molecule has 1 atom stereocenters. The fourth-order valence-corrected chi connectivity index (χ4v) is 1.98. The average Bonchev–Trinajstić information content (AvgIpc) is 2.15. The fraction of sp³-hybridized carbons (Fsp3) is 0.933. The molecular formula is C15H30O2. The molecule has 0 radical (unpaired) electrons. The van der Waals surface area contributed by atoms with Gasteiger partial charge in [-0.3, -0.25) is 4.79 Å². The second-order valence-corrected chi connectivity index (χ2v) is 6.67. The van der Waals surface area contributed by atoms with Crippen LogP contribution in [0.4, 0.5) is 0 Å². The molecule has 0 N–H and O–H groups in total. The number of esters is 1. The zero-order chi connectivity index (χ0) is 13.7. The van der Waals surface area contributed by atoms with Crippen molar-refractivity contribution in [2.24, 2.45) is 16.7 Å². The van der Waals surface area contributed by atoms with Crippen LogP contribution >= 0.6 is 0 Å². The van der Waals surface area contributed by atoms with Gasteiger partial charge in [0.15, 0.2) is 0 Å². The number of hydrogen-bond donors (Lipinski definition) is 0. The maximum absolute atomic E-state index is 12.3. The summed E-state index contributed by atoms with van der Waals surface area (Å²) in [5, 5.41) is 0. The summed E-state index contributed by atoms with van der Waals surface area (Å²) in [4.78, 5) is 12.3. The fourth-order valence-electron chi connectivity index (χ4n) is 1.98. The van der Waals surface area contributed by atoms with Gasteiger partial charge in [-0.05, 0) is 31.1 Å². The highest BCUT2D eigenvalue weighted by molar-refractivity contribution is 5.77. The monoisotopic (exact) mass is 242 g/mol. The quantitative estimate of drug-likeness (QED) is 0.509. The van der Waals surface area contributed by atoms with Crippen molar-refractivity contribution in [2.75, 3.05) is 6.61 Å². The third kappa shape index (κ3) is 4.69. The largest absolute Gasteiger partial charge is 0.465 e. The van der Waals surface area contributed by atoms with Gasteiger partial charge in [-0.2, -0.15) is 0 Å². The van der Waals surface area contributed by atoms with Crippen molar-refractivity contribution in [1.82, 2.24) is 0 Å². The summed E-state index contributed by atoms with van der Waals surface area (Å²) in [6, 6.07) is 0. The SMILES string of the molecule is CCCCOC(=O)C(C)(CC(C)C)C(C)(C)C. The number of carbonyl (C=O) groups is 1. The van der Waals surface area contributed by atoms with Crippen molar-refractivity contribution in [3.8, 4) is 0 Å². The van der Waals surface area contributed by atoms with Gasteiger partial charge in [-0.25, -0.2) is 0 Å². The molecular weight excluding hydrogens is 212 g/mol. The summed E-state index contributed by atoms with van der Waals surface area (Å²) in [7, 11) is 0. The molecule has 0 heterocycles. The van der Waals surface area contributed by atoms with E-state index in [0.717, 1.165) is 19.3 Å². The van der Waals surface area contributed by atoms with Gasteiger partial charge in [-0.15, -0.1) is 0 Å². The smallest absolute Gasteiger partial charge is 0.312 e. The molecule has 0 aliphatic rings. The first-order valence-electron chi connectivity index (χ1n) is 6.82. The molecule has 0 saturated heterocycles. The Kier molecular flexibility index (Phi) is 6.22. The zero-order valence-electron chi connectivity index (χ0n) is 12.7. The Balaban J connectivity index is 4.74. The molecule has 17 heavy (non-hydrogen) atoms. The van der Waals surface area contributed by atoms with Crippen LogP contribution in [0.25, 0.3) is 0 Å². The topological polar surface area (TPSA) is 26.3 Å². The number of ether oxygens (including phenoxy) is 1. The molecule has 1 unspecified atom stereocenters. The van der Waals surface area contributed by atoms with E-state index in [1.807, 2.05) is 6.92 Å². The Morgan fingerprint density at radius 3 is 2.06 bits per heavy atom.